The van der Waals surface area contributed by atoms with Gasteiger partial charge in [-0.1, -0.05) is 25.8 Å². The standard InChI is InChI=1S/C18H23N3O2S/c1-2-16-21-17(11-5-3-4-6-11)18(24-16)12-7-8-13(19)14(9-12)23-10-15(20)22/h7-9,11H,2-6,10,19H2,1H3,(H2,20,22). The molecule has 1 aromatic carbocycles. The molecule has 1 aliphatic carbocycles. The van der Waals surface area contributed by atoms with Crippen LogP contribution in [0.15, 0.2) is 18.2 Å². The predicted molar refractivity (Wildman–Crippen MR) is 97.2 cm³/mol. The molecule has 0 saturated heterocycles. The average Bonchev–Trinajstić information content (AvgIpc) is 3.22. The van der Waals surface area contributed by atoms with Crippen molar-refractivity contribution in [1.29, 1.82) is 0 Å². The molecule has 0 bridgehead atoms. The summed E-state index contributed by atoms with van der Waals surface area (Å²) in [4.78, 5) is 17.0. The molecule has 0 unspecified atom stereocenters. The number of hydrogen-bond donors (Lipinski definition) is 2. The smallest absolute Gasteiger partial charge is 0.255 e. The van der Waals surface area contributed by atoms with Crippen molar-refractivity contribution in [3.05, 3.63) is 28.9 Å². The minimum Gasteiger partial charge on any atom is -0.482 e. The lowest BCUT2D eigenvalue weighted by molar-refractivity contribution is -0.119. The number of anilines is 1. The molecule has 4 N–H and O–H groups in total. The maximum absolute atomic E-state index is 11.0. The number of nitrogen functional groups attached to an aromatic ring is 1. The third-order valence-corrected chi connectivity index (χ3v) is 5.65. The summed E-state index contributed by atoms with van der Waals surface area (Å²) in [7, 11) is 0. The van der Waals surface area contributed by atoms with Crippen molar-refractivity contribution < 1.29 is 9.53 Å². The Hall–Kier alpha value is -2.08. The molecule has 5 nitrogen and oxygen atoms in total. The molecule has 0 spiro atoms. The summed E-state index contributed by atoms with van der Waals surface area (Å²) in [6.07, 6.45) is 5.90. The number of rotatable bonds is 6. The Morgan fingerprint density at radius 2 is 2.12 bits per heavy atom. The fourth-order valence-corrected chi connectivity index (χ4v) is 4.25. The SMILES string of the molecule is CCc1nc(C2CCCC2)c(-c2ccc(N)c(OCC(N)=O)c2)s1. The quantitative estimate of drug-likeness (QED) is 0.784. The summed E-state index contributed by atoms with van der Waals surface area (Å²) in [6.45, 7) is 1.96. The summed E-state index contributed by atoms with van der Waals surface area (Å²) in [5.41, 5.74) is 13.9. The molecule has 0 aliphatic heterocycles. The Labute approximate surface area is 146 Å². The monoisotopic (exact) mass is 345 g/mol. The van der Waals surface area contributed by atoms with Gasteiger partial charge in [-0.2, -0.15) is 0 Å². The van der Waals surface area contributed by atoms with E-state index in [1.165, 1.54) is 36.3 Å². The summed E-state index contributed by atoms with van der Waals surface area (Å²) >= 11 is 1.74. The zero-order valence-corrected chi connectivity index (χ0v) is 14.7. The van der Waals surface area contributed by atoms with E-state index in [1.807, 2.05) is 18.2 Å². The van der Waals surface area contributed by atoms with E-state index in [0.29, 0.717) is 17.4 Å². The van der Waals surface area contributed by atoms with Crippen LogP contribution >= 0.6 is 11.3 Å². The van der Waals surface area contributed by atoms with Crippen LogP contribution in [-0.2, 0) is 11.2 Å². The van der Waals surface area contributed by atoms with E-state index in [1.54, 1.807) is 11.3 Å². The fraction of sp³-hybridized carbons (Fsp3) is 0.444. The number of primary amides is 1. The van der Waals surface area contributed by atoms with Gasteiger partial charge >= 0.3 is 0 Å². The number of carbonyl (C=O) groups excluding carboxylic acids is 1. The lowest BCUT2D eigenvalue weighted by Gasteiger charge is -2.12. The Morgan fingerprint density at radius 3 is 2.79 bits per heavy atom. The number of amides is 1. The van der Waals surface area contributed by atoms with Crippen molar-refractivity contribution in [2.24, 2.45) is 5.73 Å². The van der Waals surface area contributed by atoms with E-state index in [4.69, 9.17) is 21.2 Å². The Bertz CT molecular complexity index is 736. The topological polar surface area (TPSA) is 91.2 Å². The number of aromatic nitrogens is 1. The van der Waals surface area contributed by atoms with Crippen molar-refractivity contribution in [1.82, 2.24) is 4.98 Å². The minimum absolute atomic E-state index is 0.175. The van der Waals surface area contributed by atoms with Crippen LogP contribution in [0.1, 0.15) is 49.2 Å². The van der Waals surface area contributed by atoms with Crippen LogP contribution < -0.4 is 16.2 Å². The summed E-state index contributed by atoms with van der Waals surface area (Å²) in [6, 6.07) is 5.71. The van der Waals surface area contributed by atoms with E-state index in [0.717, 1.165) is 17.0 Å². The molecule has 1 amide bonds. The summed E-state index contributed by atoms with van der Waals surface area (Å²) < 4.78 is 5.44. The molecule has 1 fully saturated rings. The Morgan fingerprint density at radius 1 is 1.38 bits per heavy atom. The van der Waals surface area contributed by atoms with Crippen LogP contribution in [0, 0.1) is 0 Å². The number of aryl methyl sites for hydroxylation is 1. The van der Waals surface area contributed by atoms with Crippen molar-refractivity contribution in [3.63, 3.8) is 0 Å². The van der Waals surface area contributed by atoms with E-state index in [9.17, 15) is 4.79 Å². The molecule has 0 radical (unpaired) electrons. The second-order valence-electron chi connectivity index (χ2n) is 6.16. The fourth-order valence-electron chi connectivity index (χ4n) is 3.16. The van der Waals surface area contributed by atoms with Crippen LogP contribution in [0.3, 0.4) is 0 Å². The Kier molecular flexibility index (Phi) is 5.04. The summed E-state index contributed by atoms with van der Waals surface area (Å²) in [5.74, 6) is 0.525. The highest BCUT2D eigenvalue weighted by Crippen LogP contribution is 2.43. The van der Waals surface area contributed by atoms with Gasteiger partial charge in [0.1, 0.15) is 5.75 Å². The number of benzene rings is 1. The molecule has 6 heteroatoms. The van der Waals surface area contributed by atoms with Crippen molar-refractivity contribution >= 4 is 22.9 Å². The average molecular weight is 345 g/mol. The highest BCUT2D eigenvalue weighted by atomic mass is 32.1. The lowest BCUT2D eigenvalue weighted by atomic mass is 10.00. The predicted octanol–water partition coefficient (Wildman–Crippen LogP) is 3.48. The molecule has 3 rings (SSSR count). The largest absolute Gasteiger partial charge is 0.482 e. The van der Waals surface area contributed by atoms with E-state index >= 15 is 0 Å². The highest BCUT2D eigenvalue weighted by Gasteiger charge is 2.24. The van der Waals surface area contributed by atoms with Gasteiger partial charge in [-0.25, -0.2) is 4.98 Å². The summed E-state index contributed by atoms with van der Waals surface area (Å²) in [5, 5.41) is 1.16. The molecule has 1 aliphatic rings. The van der Waals surface area contributed by atoms with Gasteiger partial charge in [0.2, 0.25) is 0 Å². The van der Waals surface area contributed by atoms with E-state index in [-0.39, 0.29) is 6.61 Å². The zero-order valence-electron chi connectivity index (χ0n) is 13.9. The third kappa shape index (κ3) is 3.53. The van der Waals surface area contributed by atoms with Gasteiger partial charge in [0.25, 0.3) is 5.91 Å². The van der Waals surface area contributed by atoms with Crippen LogP contribution in [-0.4, -0.2) is 17.5 Å². The number of nitrogens with two attached hydrogens (primary N) is 2. The Balaban J connectivity index is 1.97. The zero-order chi connectivity index (χ0) is 17.1. The molecule has 24 heavy (non-hydrogen) atoms. The van der Waals surface area contributed by atoms with Gasteiger partial charge in [0, 0.05) is 5.92 Å². The number of ether oxygens (including phenoxy) is 1. The van der Waals surface area contributed by atoms with Crippen LogP contribution in [0.4, 0.5) is 5.69 Å². The minimum atomic E-state index is -0.516. The van der Waals surface area contributed by atoms with Gasteiger partial charge < -0.3 is 16.2 Å². The lowest BCUT2D eigenvalue weighted by Crippen LogP contribution is -2.20. The molecular weight excluding hydrogens is 322 g/mol. The second kappa shape index (κ2) is 7.21. The van der Waals surface area contributed by atoms with E-state index < -0.39 is 5.91 Å². The molecule has 1 heterocycles. The molecule has 0 atom stereocenters. The molecule has 2 aromatic rings. The van der Waals surface area contributed by atoms with Gasteiger partial charge in [-0.05, 0) is 37.0 Å². The normalized spacial score (nSPS) is 14.9. The van der Waals surface area contributed by atoms with Crippen LogP contribution in [0.2, 0.25) is 0 Å². The van der Waals surface area contributed by atoms with Crippen molar-refractivity contribution in [3.8, 4) is 16.2 Å². The molecule has 1 aromatic heterocycles. The first-order valence-corrected chi connectivity index (χ1v) is 9.20. The number of thiazole rings is 1. The number of hydrogen-bond acceptors (Lipinski definition) is 5. The van der Waals surface area contributed by atoms with Gasteiger partial charge in [0.05, 0.1) is 21.3 Å². The van der Waals surface area contributed by atoms with Gasteiger partial charge in [0.15, 0.2) is 6.61 Å². The van der Waals surface area contributed by atoms with E-state index in [2.05, 4.69) is 6.92 Å². The highest BCUT2D eigenvalue weighted by molar-refractivity contribution is 7.15. The first kappa shape index (κ1) is 16.8. The first-order valence-electron chi connectivity index (χ1n) is 8.39. The molecule has 1 saturated carbocycles. The van der Waals surface area contributed by atoms with Crippen LogP contribution in [0.25, 0.3) is 10.4 Å². The number of nitrogens with zero attached hydrogens (tertiary/aromatic N) is 1. The van der Waals surface area contributed by atoms with Gasteiger partial charge in [-0.3, -0.25) is 4.79 Å². The maximum Gasteiger partial charge on any atom is 0.255 e. The molecule has 128 valence electrons. The second-order valence-corrected chi connectivity index (χ2v) is 7.25. The van der Waals surface area contributed by atoms with Crippen molar-refractivity contribution in [2.75, 3.05) is 12.3 Å². The maximum atomic E-state index is 11.0. The first-order chi connectivity index (χ1) is 11.6. The number of carbonyl (C=O) groups is 1. The van der Waals surface area contributed by atoms with Crippen molar-refractivity contribution in [2.45, 2.75) is 44.9 Å². The van der Waals surface area contributed by atoms with Gasteiger partial charge in [-0.15, -0.1) is 11.3 Å². The van der Waals surface area contributed by atoms with Crippen LogP contribution in [0.5, 0.6) is 5.75 Å². The molecular formula is C18H23N3O2S. The third-order valence-electron chi connectivity index (χ3n) is 4.39.